The summed E-state index contributed by atoms with van der Waals surface area (Å²) in [4.78, 5) is 2.32. The lowest BCUT2D eigenvalue weighted by Crippen LogP contribution is -2.37. The average molecular weight is 478 g/mol. The Balaban J connectivity index is 1.65. The first kappa shape index (κ1) is 25.4. The number of aliphatic hydroxyl groups excluding tert-OH is 1. The summed E-state index contributed by atoms with van der Waals surface area (Å²) in [7, 11) is 0. The fourth-order valence-corrected chi connectivity index (χ4v) is 4.62. The van der Waals surface area contributed by atoms with E-state index in [1.54, 1.807) is 0 Å². The highest BCUT2D eigenvalue weighted by Gasteiger charge is 2.25. The smallest absolute Gasteiger partial charge is 0.227 e. The predicted molar refractivity (Wildman–Crippen MR) is 139 cm³/mol. The van der Waals surface area contributed by atoms with Gasteiger partial charge in [0.2, 0.25) is 5.88 Å². The van der Waals surface area contributed by atoms with Crippen molar-refractivity contribution in [3.63, 3.8) is 0 Å². The molecule has 0 unspecified atom stereocenters. The SMILES string of the molecule is CCCC[C@@H](O)CN(Cc1c(C)nn(-c2ccccc2)c1Oc1ccc(C)cc1)C[C@H]1CCCO1. The van der Waals surface area contributed by atoms with Crippen molar-refractivity contribution in [2.75, 3.05) is 19.7 Å². The second-order valence-corrected chi connectivity index (χ2v) is 9.66. The summed E-state index contributed by atoms with van der Waals surface area (Å²) in [5.74, 6) is 1.50. The van der Waals surface area contributed by atoms with Crippen molar-refractivity contribution < 1.29 is 14.6 Å². The fourth-order valence-electron chi connectivity index (χ4n) is 4.62. The molecular weight excluding hydrogens is 438 g/mol. The van der Waals surface area contributed by atoms with Gasteiger partial charge in [-0.2, -0.15) is 5.10 Å². The number of aryl methyl sites for hydroxylation is 2. The number of hydrogen-bond acceptors (Lipinski definition) is 5. The minimum absolute atomic E-state index is 0.208. The average Bonchev–Trinajstić information content (AvgIpc) is 3.48. The van der Waals surface area contributed by atoms with Gasteiger partial charge in [-0.3, -0.25) is 4.90 Å². The van der Waals surface area contributed by atoms with Crippen molar-refractivity contribution in [3.05, 3.63) is 71.4 Å². The Morgan fingerprint density at radius 1 is 1.14 bits per heavy atom. The highest BCUT2D eigenvalue weighted by atomic mass is 16.5. The van der Waals surface area contributed by atoms with Gasteiger partial charge in [0, 0.05) is 26.2 Å². The summed E-state index contributed by atoms with van der Waals surface area (Å²) < 4.78 is 14.3. The van der Waals surface area contributed by atoms with Crippen molar-refractivity contribution in [1.82, 2.24) is 14.7 Å². The first-order valence-corrected chi connectivity index (χ1v) is 12.9. The van der Waals surface area contributed by atoms with Crippen molar-refractivity contribution >= 4 is 0 Å². The minimum atomic E-state index is -0.359. The van der Waals surface area contributed by atoms with Crippen LogP contribution in [-0.4, -0.2) is 51.7 Å². The molecule has 1 aromatic heterocycles. The van der Waals surface area contributed by atoms with E-state index >= 15 is 0 Å². The van der Waals surface area contributed by atoms with Crippen molar-refractivity contribution in [1.29, 1.82) is 0 Å². The Morgan fingerprint density at radius 2 is 1.91 bits per heavy atom. The minimum Gasteiger partial charge on any atom is -0.439 e. The number of ether oxygens (including phenoxy) is 2. The number of para-hydroxylation sites is 1. The molecule has 2 atom stereocenters. The predicted octanol–water partition coefficient (Wildman–Crippen LogP) is 5.81. The molecule has 0 amide bonds. The number of rotatable bonds is 12. The third-order valence-electron chi connectivity index (χ3n) is 6.60. The highest BCUT2D eigenvalue weighted by Crippen LogP contribution is 2.32. The van der Waals surface area contributed by atoms with E-state index in [9.17, 15) is 5.11 Å². The Labute approximate surface area is 209 Å². The molecule has 0 spiro atoms. The zero-order chi connectivity index (χ0) is 24.6. The van der Waals surface area contributed by atoms with Crippen LogP contribution in [-0.2, 0) is 11.3 Å². The lowest BCUT2D eigenvalue weighted by atomic mass is 10.1. The van der Waals surface area contributed by atoms with Crippen LogP contribution >= 0.6 is 0 Å². The van der Waals surface area contributed by atoms with Crippen LogP contribution in [0.1, 0.15) is 55.8 Å². The lowest BCUT2D eigenvalue weighted by molar-refractivity contribution is 0.0434. The van der Waals surface area contributed by atoms with E-state index in [4.69, 9.17) is 14.6 Å². The zero-order valence-electron chi connectivity index (χ0n) is 21.3. The Morgan fingerprint density at radius 3 is 2.60 bits per heavy atom. The molecule has 0 aliphatic carbocycles. The summed E-state index contributed by atoms with van der Waals surface area (Å²) in [5, 5.41) is 15.6. The van der Waals surface area contributed by atoms with E-state index < -0.39 is 0 Å². The van der Waals surface area contributed by atoms with Gasteiger partial charge < -0.3 is 14.6 Å². The standard InChI is InChI=1S/C29H39N3O3/c1-4-5-12-25(33)19-31(20-27-13-9-18-34-27)21-28-23(3)30-32(24-10-7-6-8-11-24)29(28)35-26-16-14-22(2)15-17-26/h6-8,10-11,14-17,25,27,33H,4-5,9,12-13,18-21H2,1-3H3/t25-,27-/m1/s1. The molecule has 0 radical (unpaired) electrons. The van der Waals surface area contributed by atoms with Gasteiger partial charge in [0.15, 0.2) is 0 Å². The summed E-state index contributed by atoms with van der Waals surface area (Å²) >= 11 is 0. The van der Waals surface area contributed by atoms with Crippen molar-refractivity contribution in [2.24, 2.45) is 0 Å². The summed E-state index contributed by atoms with van der Waals surface area (Å²) in [6.45, 7) is 9.14. The topological polar surface area (TPSA) is 59.8 Å². The van der Waals surface area contributed by atoms with Gasteiger partial charge in [-0.1, -0.05) is 55.7 Å². The maximum Gasteiger partial charge on any atom is 0.227 e. The van der Waals surface area contributed by atoms with E-state index in [2.05, 4.69) is 30.9 Å². The van der Waals surface area contributed by atoms with Gasteiger partial charge in [0.25, 0.3) is 0 Å². The van der Waals surface area contributed by atoms with Crippen LogP contribution in [0.15, 0.2) is 54.6 Å². The third kappa shape index (κ3) is 6.94. The van der Waals surface area contributed by atoms with Gasteiger partial charge in [-0.15, -0.1) is 0 Å². The second kappa shape index (κ2) is 12.3. The lowest BCUT2D eigenvalue weighted by Gasteiger charge is -2.27. The first-order valence-electron chi connectivity index (χ1n) is 12.9. The maximum absolute atomic E-state index is 10.8. The zero-order valence-corrected chi connectivity index (χ0v) is 21.3. The molecule has 4 rings (SSSR count). The highest BCUT2D eigenvalue weighted by molar-refractivity contribution is 5.43. The van der Waals surface area contributed by atoms with E-state index in [0.717, 1.165) is 73.8 Å². The van der Waals surface area contributed by atoms with Crippen LogP contribution < -0.4 is 4.74 Å². The molecule has 2 aromatic carbocycles. The monoisotopic (exact) mass is 477 g/mol. The fraction of sp³-hybridized carbons (Fsp3) is 0.483. The Kier molecular flexibility index (Phi) is 8.96. The molecule has 188 valence electrons. The number of benzene rings is 2. The molecule has 0 bridgehead atoms. The van der Waals surface area contributed by atoms with E-state index in [1.165, 1.54) is 5.56 Å². The van der Waals surface area contributed by atoms with Crippen LogP contribution in [0.5, 0.6) is 11.6 Å². The molecule has 6 heteroatoms. The molecule has 6 nitrogen and oxygen atoms in total. The van der Waals surface area contributed by atoms with Crippen LogP contribution in [0.4, 0.5) is 0 Å². The van der Waals surface area contributed by atoms with Crippen LogP contribution in [0.3, 0.4) is 0 Å². The summed E-state index contributed by atoms with van der Waals surface area (Å²) in [5.41, 5.74) is 4.11. The van der Waals surface area contributed by atoms with Gasteiger partial charge in [-0.25, -0.2) is 4.68 Å². The number of unbranched alkanes of at least 4 members (excludes halogenated alkanes) is 1. The van der Waals surface area contributed by atoms with Crippen molar-refractivity contribution in [3.8, 4) is 17.3 Å². The molecular formula is C29H39N3O3. The molecule has 3 aromatic rings. The van der Waals surface area contributed by atoms with Gasteiger partial charge in [-0.05, 0) is 57.4 Å². The van der Waals surface area contributed by atoms with E-state index in [-0.39, 0.29) is 12.2 Å². The largest absolute Gasteiger partial charge is 0.439 e. The Bertz CT molecular complexity index is 1040. The molecule has 35 heavy (non-hydrogen) atoms. The summed E-state index contributed by atoms with van der Waals surface area (Å²) in [6, 6.07) is 18.2. The quantitative estimate of drug-likeness (QED) is 0.357. The maximum atomic E-state index is 10.8. The molecule has 1 N–H and O–H groups in total. The second-order valence-electron chi connectivity index (χ2n) is 9.66. The van der Waals surface area contributed by atoms with Gasteiger partial charge >= 0.3 is 0 Å². The van der Waals surface area contributed by atoms with E-state index in [1.807, 2.05) is 54.1 Å². The van der Waals surface area contributed by atoms with Gasteiger partial charge in [0.1, 0.15) is 5.75 Å². The molecule has 1 fully saturated rings. The molecule has 2 heterocycles. The molecule has 1 aliphatic heterocycles. The normalized spacial score (nSPS) is 16.7. The molecule has 1 saturated heterocycles. The van der Waals surface area contributed by atoms with Gasteiger partial charge in [0.05, 0.1) is 29.2 Å². The molecule has 0 saturated carbocycles. The Hall–Kier alpha value is -2.67. The summed E-state index contributed by atoms with van der Waals surface area (Å²) in [6.07, 6.45) is 4.94. The molecule has 1 aliphatic rings. The first-order chi connectivity index (χ1) is 17.0. The number of hydrogen-bond donors (Lipinski definition) is 1. The van der Waals surface area contributed by atoms with Crippen LogP contribution in [0, 0.1) is 13.8 Å². The number of aliphatic hydroxyl groups is 1. The van der Waals surface area contributed by atoms with E-state index in [0.29, 0.717) is 13.1 Å². The number of nitrogens with zero attached hydrogens (tertiary/aromatic N) is 3. The van der Waals surface area contributed by atoms with Crippen LogP contribution in [0.25, 0.3) is 5.69 Å². The number of aromatic nitrogens is 2. The van der Waals surface area contributed by atoms with Crippen molar-refractivity contribution in [2.45, 2.75) is 71.6 Å². The third-order valence-corrected chi connectivity index (χ3v) is 6.60. The van der Waals surface area contributed by atoms with Crippen LogP contribution in [0.2, 0.25) is 0 Å².